The Morgan fingerprint density at radius 3 is 2.71 bits per heavy atom. The summed E-state index contributed by atoms with van der Waals surface area (Å²) in [6.45, 7) is 0.0809. The molecule has 0 aliphatic carbocycles. The van der Waals surface area contributed by atoms with Crippen LogP contribution in [-0.2, 0) is 16.6 Å². The molecule has 108 valence electrons. The van der Waals surface area contributed by atoms with Crippen LogP contribution in [0.2, 0.25) is 0 Å². The molecule has 2 rings (SSSR count). The fourth-order valence-corrected chi connectivity index (χ4v) is 3.14. The van der Waals surface area contributed by atoms with Gasteiger partial charge in [0.15, 0.2) is 0 Å². The van der Waals surface area contributed by atoms with Crippen molar-refractivity contribution in [3.63, 3.8) is 0 Å². The maximum Gasteiger partial charge on any atom is 0.244 e. The predicted octanol–water partition coefficient (Wildman–Crippen LogP) is 1.91. The van der Waals surface area contributed by atoms with E-state index in [4.69, 9.17) is 5.26 Å². The third kappa shape index (κ3) is 3.07. The minimum Gasteiger partial charge on any atom is -0.264 e. The molecule has 0 bridgehead atoms. The lowest BCUT2D eigenvalue weighted by Crippen LogP contribution is -2.27. The molecule has 0 amide bonds. The van der Waals surface area contributed by atoms with Crippen molar-refractivity contribution in [2.24, 2.45) is 0 Å². The van der Waals surface area contributed by atoms with Crippen LogP contribution < -0.4 is 0 Å². The van der Waals surface area contributed by atoms with Gasteiger partial charge in [-0.3, -0.25) is 4.98 Å². The minimum absolute atomic E-state index is 0.0809. The van der Waals surface area contributed by atoms with Crippen molar-refractivity contribution in [3.8, 4) is 6.07 Å². The zero-order valence-corrected chi connectivity index (χ0v) is 12.0. The van der Waals surface area contributed by atoms with Gasteiger partial charge in [-0.05, 0) is 23.8 Å². The van der Waals surface area contributed by atoms with Crippen molar-refractivity contribution in [3.05, 3.63) is 59.7 Å². The molecule has 0 atom stereocenters. The van der Waals surface area contributed by atoms with Crippen LogP contribution in [0.25, 0.3) is 0 Å². The van der Waals surface area contributed by atoms with Gasteiger partial charge in [0.25, 0.3) is 0 Å². The van der Waals surface area contributed by atoms with Gasteiger partial charge in [-0.15, -0.1) is 0 Å². The molecule has 1 heterocycles. The zero-order valence-electron chi connectivity index (χ0n) is 11.2. The van der Waals surface area contributed by atoms with Gasteiger partial charge in [0, 0.05) is 26.0 Å². The SMILES string of the molecule is CN(Cc1cccnc1)S(=O)(=O)c1cccc(F)c1C#N. The maximum absolute atomic E-state index is 13.6. The number of rotatable bonds is 4. The molecule has 0 spiro atoms. The van der Waals surface area contributed by atoms with Crippen molar-refractivity contribution in [1.82, 2.24) is 9.29 Å². The third-order valence-corrected chi connectivity index (χ3v) is 4.75. The fourth-order valence-electron chi connectivity index (χ4n) is 1.83. The number of nitrogens with zero attached hydrogens (tertiary/aromatic N) is 3. The van der Waals surface area contributed by atoms with E-state index in [2.05, 4.69) is 4.98 Å². The van der Waals surface area contributed by atoms with E-state index in [1.165, 1.54) is 19.2 Å². The molecular weight excluding hydrogens is 293 g/mol. The number of hydrogen-bond acceptors (Lipinski definition) is 4. The molecule has 2 aromatic rings. The Kier molecular flexibility index (Phi) is 4.31. The highest BCUT2D eigenvalue weighted by molar-refractivity contribution is 7.89. The highest BCUT2D eigenvalue weighted by Crippen LogP contribution is 2.22. The smallest absolute Gasteiger partial charge is 0.244 e. The van der Waals surface area contributed by atoms with Gasteiger partial charge in [-0.1, -0.05) is 12.1 Å². The molecule has 7 heteroatoms. The standard InChI is InChI=1S/C14H12FN3O2S/c1-18(10-11-4-3-7-17-9-11)21(19,20)14-6-2-5-13(15)12(14)8-16/h2-7,9H,10H2,1H3. The lowest BCUT2D eigenvalue weighted by molar-refractivity contribution is 0.465. The number of sulfonamides is 1. The highest BCUT2D eigenvalue weighted by atomic mass is 32.2. The number of hydrogen-bond donors (Lipinski definition) is 0. The first kappa shape index (κ1) is 15.1. The van der Waals surface area contributed by atoms with Crippen LogP contribution in [0.15, 0.2) is 47.6 Å². The van der Waals surface area contributed by atoms with Crippen LogP contribution in [0.1, 0.15) is 11.1 Å². The van der Waals surface area contributed by atoms with Crippen molar-refractivity contribution < 1.29 is 12.8 Å². The predicted molar refractivity (Wildman–Crippen MR) is 74.0 cm³/mol. The Balaban J connectivity index is 2.39. The highest BCUT2D eigenvalue weighted by Gasteiger charge is 2.25. The Labute approximate surface area is 122 Å². The van der Waals surface area contributed by atoms with Crippen LogP contribution in [0.5, 0.6) is 0 Å². The van der Waals surface area contributed by atoms with E-state index < -0.39 is 21.4 Å². The number of aromatic nitrogens is 1. The van der Waals surface area contributed by atoms with Gasteiger partial charge in [-0.2, -0.15) is 9.57 Å². The number of nitriles is 1. The summed E-state index contributed by atoms with van der Waals surface area (Å²) in [5.74, 6) is -0.853. The lowest BCUT2D eigenvalue weighted by atomic mass is 10.2. The molecule has 0 saturated heterocycles. The van der Waals surface area contributed by atoms with E-state index >= 15 is 0 Å². The summed E-state index contributed by atoms with van der Waals surface area (Å²) in [7, 11) is -2.59. The normalized spacial score (nSPS) is 11.3. The van der Waals surface area contributed by atoms with E-state index in [0.717, 1.165) is 10.4 Å². The molecular formula is C14H12FN3O2S. The van der Waals surface area contributed by atoms with E-state index in [1.54, 1.807) is 30.6 Å². The van der Waals surface area contributed by atoms with Gasteiger partial charge in [0.05, 0.1) is 0 Å². The zero-order chi connectivity index (χ0) is 15.5. The average molecular weight is 305 g/mol. The van der Waals surface area contributed by atoms with E-state index in [0.29, 0.717) is 5.56 Å². The number of halogens is 1. The monoisotopic (exact) mass is 305 g/mol. The molecule has 0 fully saturated rings. The van der Waals surface area contributed by atoms with Gasteiger partial charge in [-0.25, -0.2) is 12.8 Å². The Morgan fingerprint density at radius 2 is 2.10 bits per heavy atom. The van der Waals surface area contributed by atoms with Crippen molar-refractivity contribution in [2.75, 3.05) is 7.05 Å². The number of pyridine rings is 1. The molecule has 1 aromatic heterocycles. The topological polar surface area (TPSA) is 74.1 Å². The maximum atomic E-state index is 13.6. The van der Waals surface area contributed by atoms with Crippen LogP contribution in [0.4, 0.5) is 4.39 Å². The van der Waals surface area contributed by atoms with Crippen molar-refractivity contribution in [1.29, 1.82) is 5.26 Å². The average Bonchev–Trinajstić information content (AvgIpc) is 2.48. The van der Waals surface area contributed by atoms with Gasteiger partial charge >= 0.3 is 0 Å². The molecule has 21 heavy (non-hydrogen) atoms. The second-order valence-electron chi connectivity index (χ2n) is 4.35. The first-order valence-electron chi connectivity index (χ1n) is 6.00. The molecule has 0 N–H and O–H groups in total. The summed E-state index contributed by atoms with van der Waals surface area (Å²) in [4.78, 5) is 3.57. The van der Waals surface area contributed by atoms with Gasteiger partial charge in [0.2, 0.25) is 10.0 Å². The molecule has 0 saturated carbocycles. The first-order valence-corrected chi connectivity index (χ1v) is 7.44. The number of benzene rings is 1. The quantitative estimate of drug-likeness (QED) is 0.865. The summed E-state index contributed by atoms with van der Waals surface area (Å²) in [6.07, 6.45) is 3.13. The molecule has 1 aromatic carbocycles. The third-order valence-electron chi connectivity index (χ3n) is 2.90. The molecule has 0 radical (unpaired) electrons. The lowest BCUT2D eigenvalue weighted by Gasteiger charge is -2.18. The van der Waals surface area contributed by atoms with Crippen LogP contribution in [0, 0.1) is 17.1 Å². The second kappa shape index (κ2) is 5.99. The Bertz CT molecular complexity index is 786. The van der Waals surface area contributed by atoms with E-state index in [1.807, 2.05) is 0 Å². The van der Waals surface area contributed by atoms with Gasteiger partial charge in [0.1, 0.15) is 22.3 Å². The van der Waals surface area contributed by atoms with Crippen molar-refractivity contribution >= 4 is 10.0 Å². The Morgan fingerprint density at radius 1 is 1.33 bits per heavy atom. The van der Waals surface area contributed by atoms with Crippen molar-refractivity contribution in [2.45, 2.75) is 11.4 Å². The first-order chi connectivity index (χ1) is 9.96. The second-order valence-corrected chi connectivity index (χ2v) is 6.36. The molecule has 5 nitrogen and oxygen atoms in total. The van der Waals surface area contributed by atoms with Crippen LogP contribution in [0.3, 0.4) is 0 Å². The van der Waals surface area contributed by atoms with Gasteiger partial charge < -0.3 is 0 Å². The summed E-state index contributed by atoms with van der Waals surface area (Å²) < 4.78 is 39.5. The van der Waals surface area contributed by atoms with E-state index in [9.17, 15) is 12.8 Å². The largest absolute Gasteiger partial charge is 0.264 e. The van der Waals surface area contributed by atoms with E-state index in [-0.39, 0.29) is 11.4 Å². The summed E-state index contributed by atoms with van der Waals surface area (Å²) in [5, 5.41) is 8.95. The van der Waals surface area contributed by atoms with Crippen LogP contribution in [-0.4, -0.2) is 24.8 Å². The fraction of sp³-hybridized carbons (Fsp3) is 0.143. The van der Waals surface area contributed by atoms with Crippen LogP contribution >= 0.6 is 0 Å². The summed E-state index contributed by atoms with van der Waals surface area (Å²) in [5.41, 5.74) is 0.217. The molecule has 0 aliphatic heterocycles. The minimum atomic E-state index is -3.96. The molecule has 0 unspecified atom stereocenters. The molecule has 0 aliphatic rings. The Hall–Kier alpha value is -2.30. The summed E-state index contributed by atoms with van der Waals surface area (Å²) >= 11 is 0. The summed E-state index contributed by atoms with van der Waals surface area (Å²) in [6, 6.07) is 8.56.